The van der Waals surface area contributed by atoms with Crippen LogP contribution in [0, 0.1) is 0 Å². The lowest BCUT2D eigenvalue weighted by Crippen LogP contribution is -2.42. The number of likely N-dealkylation sites (tertiary alicyclic amines) is 1. The first-order valence-corrected chi connectivity index (χ1v) is 7.15. The van der Waals surface area contributed by atoms with Crippen molar-refractivity contribution in [1.82, 2.24) is 4.90 Å². The molecule has 1 aliphatic rings. The summed E-state index contributed by atoms with van der Waals surface area (Å²) in [7, 11) is 0. The van der Waals surface area contributed by atoms with Crippen molar-refractivity contribution in [3.05, 3.63) is 34.3 Å². The van der Waals surface area contributed by atoms with Crippen LogP contribution < -0.4 is 0 Å². The molecule has 0 radical (unpaired) electrons. The Morgan fingerprint density at radius 2 is 2.10 bits per heavy atom. The number of amides is 1. The number of rotatable bonds is 1. The van der Waals surface area contributed by atoms with Gasteiger partial charge in [0.15, 0.2) is 0 Å². The molecule has 110 valence electrons. The molecule has 5 atom stereocenters. The summed E-state index contributed by atoms with van der Waals surface area (Å²) in [5.41, 5.74) is -0.470. The van der Waals surface area contributed by atoms with Gasteiger partial charge in [-0.15, -0.1) is 0 Å². The van der Waals surface area contributed by atoms with Gasteiger partial charge in [-0.25, -0.2) is 4.79 Å². The van der Waals surface area contributed by atoms with Gasteiger partial charge in [-0.2, -0.15) is 0 Å². The molecule has 4 heteroatoms. The second-order valence-electron chi connectivity index (χ2n) is 5.49. The van der Waals surface area contributed by atoms with E-state index < -0.39 is 43.4 Å². The van der Waals surface area contributed by atoms with Crippen LogP contribution in [0.4, 0.5) is 4.79 Å². The third kappa shape index (κ3) is 4.23. The van der Waals surface area contributed by atoms with E-state index in [-0.39, 0.29) is 0 Å². The Labute approximate surface area is 136 Å². The van der Waals surface area contributed by atoms with Gasteiger partial charge >= 0.3 is 6.09 Å². The van der Waals surface area contributed by atoms with Gasteiger partial charge in [0.05, 0.1) is 1.37 Å². The number of halogens is 1. The number of nitrogens with zero attached hydrogens (tertiary/aromatic N) is 1. The molecule has 1 amide bonds. The molecule has 0 saturated carbocycles. The lowest BCUT2D eigenvalue weighted by atomic mass is 9.91. The molecule has 0 aliphatic carbocycles. The van der Waals surface area contributed by atoms with E-state index in [0.29, 0.717) is 5.56 Å². The minimum Gasteiger partial charge on any atom is -0.444 e. The fourth-order valence-electron chi connectivity index (χ4n) is 1.72. The second kappa shape index (κ2) is 6.17. The lowest BCUT2D eigenvalue weighted by molar-refractivity contribution is 0.0198. The molecule has 1 heterocycles. The smallest absolute Gasteiger partial charge is 0.410 e. The average molecular weight is 345 g/mol. The number of hydrogen-bond donors (Lipinski definition) is 0. The van der Waals surface area contributed by atoms with Crippen LogP contribution in [0.15, 0.2) is 28.7 Å². The van der Waals surface area contributed by atoms with Crippen molar-refractivity contribution in [1.29, 1.82) is 0 Å². The third-order valence-electron chi connectivity index (χ3n) is 2.58. The topological polar surface area (TPSA) is 29.5 Å². The fraction of sp³-hybridized carbons (Fsp3) is 0.562. The first-order chi connectivity index (χ1) is 11.4. The predicted octanol–water partition coefficient (Wildman–Crippen LogP) is 4.56. The van der Waals surface area contributed by atoms with Crippen LogP contribution in [0.3, 0.4) is 0 Å². The Kier molecular flexibility index (Phi) is 3.03. The number of benzene rings is 1. The number of ether oxygens (including phenoxy) is 1. The van der Waals surface area contributed by atoms with Crippen LogP contribution in [-0.4, -0.2) is 29.6 Å². The van der Waals surface area contributed by atoms with Crippen molar-refractivity contribution < 1.29 is 16.4 Å². The summed E-state index contributed by atoms with van der Waals surface area (Å²) < 4.78 is 47.8. The Morgan fingerprint density at radius 1 is 1.45 bits per heavy atom. The summed E-state index contributed by atoms with van der Waals surface area (Å²) in [5.74, 6) is -1.86. The van der Waals surface area contributed by atoms with E-state index in [0.717, 1.165) is 9.37 Å². The summed E-state index contributed by atoms with van der Waals surface area (Å²) in [5, 5.41) is 0. The molecular formula is C16H22BrNO2. The van der Waals surface area contributed by atoms with Gasteiger partial charge < -0.3 is 9.64 Å². The molecule has 0 aromatic heterocycles. The van der Waals surface area contributed by atoms with Crippen molar-refractivity contribution in [3.8, 4) is 0 Å². The maximum atomic E-state index is 12.5. The molecule has 5 unspecified atom stereocenters. The molecule has 1 aromatic carbocycles. The highest BCUT2D eigenvalue weighted by Gasteiger charge is 2.28. The van der Waals surface area contributed by atoms with Crippen LogP contribution in [-0.2, 0) is 4.74 Å². The van der Waals surface area contributed by atoms with Gasteiger partial charge in [-0.1, -0.05) is 28.1 Å². The van der Waals surface area contributed by atoms with E-state index in [1.54, 1.807) is 45.0 Å². The minimum atomic E-state index is -1.86. The van der Waals surface area contributed by atoms with E-state index in [2.05, 4.69) is 15.9 Å². The first kappa shape index (κ1) is 9.82. The molecule has 3 nitrogen and oxygen atoms in total. The largest absolute Gasteiger partial charge is 0.444 e. The molecule has 20 heavy (non-hydrogen) atoms. The maximum absolute atomic E-state index is 12.5. The quantitative estimate of drug-likeness (QED) is 0.747. The normalized spacial score (nSPS) is 41.8. The van der Waals surface area contributed by atoms with Crippen LogP contribution >= 0.6 is 15.9 Å². The molecule has 1 saturated heterocycles. The number of hydrogen-bond acceptors (Lipinski definition) is 2. The zero-order chi connectivity index (χ0) is 19.2. The van der Waals surface area contributed by atoms with E-state index in [1.165, 1.54) is 0 Å². The number of carbonyl (C=O) groups excluding carboxylic acids is 1. The predicted molar refractivity (Wildman–Crippen MR) is 83.9 cm³/mol. The van der Waals surface area contributed by atoms with Crippen molar-refractivity contribution in [2.75, 3.05) is 13.0 Å². The molecule has 1 aromatic rings. The summed E-state index contributed by atoms with van der Waals surface area (Å²) in [6.45, 7) is 2.03. The summed E-state index contributed by atoms with van der Waals surface area (Å²) in [6, 6.07) is 6.58. The molecule has 0 N–H and O–H groups in total. The highest BCUT2D eigenvalue weighted by Crippen LogP contribution is 2.28. The van der Waals surface area contributed by atoms with E-state index in [1.807, 2.05) is 0 Å². The lowest BCUT2D eigenvalue weighted by Gasteiger charge is -2.34. The Morgan fingerprint density at radius 3 is 2.70 bits per heavy atom. The maximum Gasteiger partial charge on any atom is 0.410 e. The minimum absolute atomic E-state index is 0.355. The SMILES string of the molecule is [2H]C1C([2H])N(C(=O)OC(C)(C)C)C([2H])C([2H])(c2ccc(Br)cc2)C1[2H]. The highest BCUT2D eigenvalue weighted by molar-refractivity contribution is 9.10. The third-order valence-corrected chi connectivity index (χ3v) is 3.11. The average Bonchev–Trinajstić information content (AvgIpc) is 2.50. The van der Waals surface area contributed by atoms with Gasteiger partial charge in [0.25, 0.3) is 0 Å². The molecule has 1 fully saturated rings. The molecular weight excluding hydrogens is 318 g/mol. The summed E-state index contributed by atoms with van der Waals surface area (Å²) >= 11 is 3.30. The monoisotopic (exact) mass is 344 g/mol. The first-order valence-electron chi connectivity index (χ1n) is 9.17. The molecule has 1 aliphatic heterocycles. The van der Waals surface area contributed by atoms with E-state index in [4.69, 9.17) is 11.6 Å². The zero-order valence-electron chi connectivity index (χ0n) is 16.8. The van der Waals surface area contributed by atoms with Gasteiger partial charge in [0.1, 0.15) is 5.60 Å². The van der Waals surface area contributed by atoms with Crippen molar-refractivity contribution >= 4 is 22.0 Å². The highest BCUT2D eigenvalue weighted by atomic mass is 79.9. The van der Waals surface area contributed by atoms with Crippen LogP contribution in [0.2, 0.25) is 0 Å². The van der Waals surface area contributed by atoms with Gasteiger partial charge in [0, 0.05) is 28.9 Å². The standard InChI is InChI=1S/C16H22BrNO2/c1-16(2,3)20-15(19)18-10-4-5-13(11-18)12-6-8-14(17)9-7-12/h6-9,13H,4-5,10-11H2,1-3H3/i4D,5D,10D,11D,13D. The summed E-state index contributed by atoms with van der Waals surface area (Å²) in [6.07, 6.45) is -3.61. The molecule has 0 spiro atoms. The van der Waals surface area contributed by atoms with Crippen molar-refractivity contribution in [2.24, 2.45) is 0 Å². The van der Waals surface area contributed by atoms with Crippen molar-refractivity contribution in [2.45, 2.75) is 45.1 Å². The summed E-state index contributed by atoms with van der Waals surface area (Å²) in [4.78, 5) is 13.3. The zero-order valence-corrected chi connectivity index (χ0v) is 13.3. The number of piperidine rings is 1. The molecule has 0 bridgehead atoms. The van der Waals surface area contributed by atoms with Crippen LogP contribution in [0.1, 0.15) is 51.9 Å². The Hall–Kier alpha value is -1.03. The second-order valence-corrected chi connectivity index (χ2v) is 6.40. The van der Waals surface area contributed by atoms with Gasteiger partial charge in [-0.05, 0) is 51.3 Å². The van der Waals surface area contributed by atoms with Crippen LogP contribution in [0.5, 0.6) is 0 Å². The van der Waals surface area contributed by atoms with E-state index in [9.17, 15) is 4.79 Å². The Balaban J connectivity index is 2.46. The molecule has 2 rings (SSSR count). The van der Waals surface area contributed by atoms with Crippen LogP contribution in [0.25, 0.3) is 0 Å². The fourth-order valence-corrected chi connectivity index (χ4v) is 1.98. The van der Waals surface area contributed by atoms with E-state index >= 15 is 0 Å². The van der Waals surface area contributed by atoms with Gasteiger partial charge in [-0.3, -0.25) is 0 Å². The van der Waals surface area contributed by atoms with Gasteiger partial charge in [0.2, 0.25) is 0 Å². The Bertz CT molecular complexity index is 638. The number of carbonyl (C=O) groups is 1. The van der Waals surface area contributed by atoms with Crippen molar-refractivity contribution in [3.63, 3.8) is 0 Å².